The van der Waals surface area contributed by atoms with Gasteiger partial charge in [-0.05, 0) is 108 Å². The maximum Gasteiger partial charge on any atom is 0.0462 e. The molecule has 0 unspecified atom stereocenters. The molecule has 1 aliphatic rings. The molecule has 0 heterocycles. The van der Waals surface area contributed by atoms with Gasteiger partial charge in [-0.25, -0.2) is 0 Å². The summed E-state index contributed by atoms with van der Waals surface area (Å²) in [6.45, 7) is 4.26. The molecule has 0 fully saturated rings. The van der Waals surface area contributed by atoms with Crippen molar-refractivity contribution in [1.82, 2.24) is 0 Å². The number of aryl methyl sites for hydroxylation is 4. The van der Waals surface area contributed by atoms with E-state index in [0.29, 0.717) is 0 Å². The molecule has 7 rings (SSSR count). The molecule has 0 N–H and O–H groups in total. The van der Waals surface area contributed by atoms with E-state index < -0.39 is 0 Å². The van der Waals surface area contributed by atoms with Gasteiger partial charge in [0.05, 0.1) is 0 Å². The number of nitrogens with zero attached hydrogens (tertiary/aromatic N) is 1. The second-order valence-corrected chi connectivity index (χ2v) is 11.2. The smallest absolute Gasteiger partial charge is 0.0462 e. The molecule has 0 radical (unpaired) electrons. The molecule has 1 aliphatic carbocycles. The van der Waals surface area contributed by atoms with Crippen LogP contribution in [-0.4, -0.2) is 0 Å². The lowest BCUT2D eigenvalue weighted by Gasteiger charge is -2.26. The number of rotatable bonds is 6. The summed E-state index contributed by atoms with van der Waals surface area (Å²) < 4.78 is 0. The van der Waals surface area contributed by atoms with Gasteiger partial charge < -0.3 is 4.90 Å². The van der Waals surface area contributed by atoms with Gasteiger partial charge >= 0.3 is 0 Å². The summed E-state index contributed by atoms with van der Waals surface area (Å²) in [5.41, 5.74) is 16.5. The standard InChI is InChI=1S/C40H33N/c1-28-3-7-30(8-4-28)31-9-11-32(12-10-31)33-17-23-39(24-18-33)41(38-21-5-29(2)6-22-38)40-25-19-35(20-26-40)37-16-14-34-13-15-36(34)27-37/h3-12,14,16-27H,13,15H2,1-2H3. The van der Waals surface area contributed by atoms with Gasteiger partial charge in [0, 0.05) is 17.1 Å². The third kappa shape index (κ3) is 5.08. The van der Waals surface area contributed by atoms with Crippen molar-refractivity contribution in [3.8, 4) is 33.4 Å². The minimum atomic E-state index is 1.14. The van der Waals surface area contributed by atoms with Crippen LogP contribution in [0.4, 0.5) is 17.1 Å². The van der Waals surface area contributed by atoms with Crippen molar-refractivity contribution in [3.63, 3.8) is 0 Å². The molecule has 0 atom stereocenters. The number of fused-ring (bicyclic) bond motifs is 1. The minimum Gasteiger partial charge on any atom is -0.311 e. The fourth-order valence-corrected chi connectivity index (χ4v) is 5.72. The van der Waals surface area contributed by atoms with Crippen LogP contribution in [0.1, 0.15) is 22.3 Å². The second-order valence-electron chi connectivity index (χ2n) is 11.2. The Balaban J connectivity index is 1.18. The first-order chi connectivity index (χ1) is 20.1. The monoisotopic (exact) mass is 527 g/mol. The third-order valence-electron chi connectivity index (χ3n) is 8.35. The summed E-state index contributed by atoms with van der Waals surface area (Å²) in [4.78, 5) is 2.34. The molecule has 0 bridgehead atoms. The zero-order valence-electron chi connectivity index (χ0n) is 23.6. The van der Waals surface area contributed by atoms with E-state index in [1.54, 1.807) is 0 Å². The molecule has 0 saturated heterocycles. The van der Waals surface area contributed by atoms with Gasteiger partial charge in [0.25, 0.3) is 0 Å². The Bertz CT molecular complexity index is 1790. The largest absolute Gasteiger partial charge is 0.311 e. The molecule has 0 spiro atoms. The summed E-state index contributed by atoms with van der Waals surface area (Å²) in [5, 5.41) is 0. The van der Waals surface area contributed by atoms with Gasteiger partial charge in [-0.15, -0.1) is 0 Å². The molecule has 0 aromatic heterocycles. The lowest BCUT2D eigenvalue weighted by Crippen LogP contribution is -2.10. The predicted molar refractivity (Wildman–Crippen MR) is 174 cm³/mol. The molecule has 6 aromatic rings. The van der Waals surface area contributed by atoms with Crippen LogP contribution in [0.25, 0.3) is 33.4 Å². The second kappa shape index (κ2) is 10.6. The first-order valence-corrected chi connectivity index (χ1v) is 14.5. The lowest BCUT2D eigenvalue weighted by atomic mass is 9.86. The number of hydrogen-bond donors (Lipinski definition) is 0. The SMILES string of the molecule is Cc1ccc(-c2ccc(-c3ccc(N(c4ccc(C)cc4)c4ccc(-c5ccc6c(c5)CC6)cc4)cc3)cc2)cc1. The highest BCUT2D eigenvalue weighted by atomic mass is 15.1. The first kappa shape index (κ1) is 25.1. The van der Waals surface area contributed by atoms with Crippen molar-refractivity contribution in [2.75, 3.05) is 4.90 Å². The van der Waals surface area contributed by atoms with Gasteiger partial charge in [0.2, 0.25) is 0 Å². The van der Waals surface area contributed by atoms with Crippen molar-refractivity contribution >= 4 is 17.1 Å². The summed E-state index contributed by atoms with van der Waals surface area (Å²) in [6.07, 6.45) is 2.42. The fraction of sp³-hybridized carbons (Fsp3) is 0.100. The Morgan fingerprint density at radius 1 is 0.341 bits per heavy atom. The van der Waals surface area contributed by atoms with E-state index >= 15 is 0 Å². The van der Waals surface area contributed by atoms with E-state index in [9.17, 15) is 0 Å². The van der Waals surface area contributed by atoms with Crippen molar-refractivity contribution < 1.29 is 0 Å². The molecular formula is C40H33N. The third-order valence-corrected chi connectivity index (χ3v) is 8.35. The Hall–Kier alpha value is -4.88. The normalized spacial score (nSPS) is 12.0. The Morgan fingerprint density at radius 3 is 1.07 bits per heavy atom. The Morgan fingerprint density at radius 2 is 0.659 bits per heavy atom. The fourth-order valence-electron chi connectivity index (χ4n) is 5.72. The molecular weight excluding hydrogens is 494 g/mol. The van der Waals surface area contributed by atoms with Crippen molar-refractivity contribution in [3.05, 3.63) is 162 Å². The molecule has 0 saturated carbocycles. The zero-order chi connectivity index (χ0) is 27.8. The first-order valence-electron chi connectivity index (χ1n) is 14.5. The van der Waals surface area contributed by atoms with E-state index in [1.807, 2.05) is 0 Å². The summed E-state index contributed by atoms with van der Waals surface area (Å²) in [6, 6.07) is 51.2. The quantitative estimate of drug-likeness (QED) is 0.208. The van der Waals surface area contributed by atoms with Crippen LogP contribution >= 0.6 is 0 Å². The van der Waals surface area contributed by atoms with E-state index in [1.165, 1.54) is 68.5 Å². The highest BCUT2D eigenvalue weighted by molar-refractivity contribution is 5.80. The van der Waals surface area contributed by atoms with Crippen molar-refractivity contribution in [2.45, 2.75) is 26.7 Å². The summed E-state index contributed by atoms with van der Waals surface area (Å²) in [5.74, 6) is 0. The summed E-state index contributed by atoms with van der Waals surface area (Å²) >= 11 is 0. The number of benzene rings is 6. The Labute approximate surface area is 243 Å². The van der Waals surface area contributed by atoms with Gasteiger partial charge in [-0.1, -0.05) is 114 Å². The number of hydrogen-bond acceptors (Lipinski definition) is 1. The van der Waals surface area contributed by atoms with E-state index in [2.05, 4.69) is 158 Å². The van der Waals surface area contributed by atoms with Crippen LogP contribution in [0.15, 0.2) is 140 Å². The van der Waals surface area contributed by atoms with E-state index in [-0.39, 0.29) is 0 Å². The van der Waals surface area contributed by atoms with Gasteiger partial charge in [-0.2, -0.15) is 0 Å². The van der Waals surface area contributed by atoms with E-state index in [0.717, 1.165) is 17.1 Å². The van der Waals surface area contributed by atoms with Crippen LogP contribution < -0.4 is 4.90 Å². The van der Waals surface area contributed by atoms with Crippen LogP contribution in [0.5, 0.6) is 0 Å². The van der Waals surface area contributed by atoms with Crippen molar-refractivity contribution in [1.29, 1.82) is 0 Å². The molecule has 41 heavy (non-hydrogen) atoms. The highest BCUT2D eigenvalue weighted by Crippen LogP contribution is 2.37. The van der Waals surface area contributed by atoms with Gasteiger partial charge in [-0.3, -0.25) is 0 Å². The zero-order valence-corrected chi connectivity index (χ0v) is 23.6. The lowest BCUT2D eigenvalue weighted by molar-refractivity contribution is 0.840. The maximum atomic E-state index is 2.36. The van der Waals surface area contributed by atoms with Gasteiger partial charge in [0.15, 0.2) is 0 Å². The van der Waals surface area contributed by atoms with E-state index in [4.69, 9.17) is 0 Å². The van der Waals surface area contributed by atoms with Crippen LogP contribution in [-0.2, 0) is 12.8 Å². The molecule has 1 heteroatoms. The molecule has 1 nitrogen and oxygen atoms in total. The highest BCUT2D eigenvalue weighted by Gasteiger charge is 2.15. The van der Waals surface area contributed by atoms with Crippen molar-refractivity contribution in [2.24, 2.45) is 0 Å². The topological polar surface area (TPSA) is 3.24 Å². The molecule has 198 valence electrons. The average Bonchev–Trinajstić information content (AvgIpc) is 3.00. The summed E-state index contributed by atoms with van der Waals surface area (Å²) in [7, 11) is 0. The minimum absolute atomic E-state index is 1.14. The average molecular weight is 528 g/mol. The van der Waals surface area contributed by atoms with Crippen LogP contribution in [0, 0.1) is 13.8 Å². The Kier molecular flexibility index (Phi) is 6.49. The number of anilines is 3. The molecule has 6 aromatic carbocycles. The van der Waals surface area contributed by atoms with Crippen LogP contribution in [0.3, 0.4) is 0 Å². The predicted octanol–water partition coefficient (Wildman–Crippen LogP) is 10.9. The molecule has 0 amide bonds. The van der Waals surface area contributed by atoms with Gasteiger partial charge in [0.1, 0.15) is 0 Å². The van der Waals surface area contributed by atoms with Crippen LogP contribution in [0.2, 0.25) is 0 Å². The maximum absolute atomic E-state index is 2.36. The molecule has 0 aliphatic heterocycles.